The minimum atomic E-state index is -3.57. The number of rotatable bonds is 7. The lowest BCUT2D eigenvalue weighted by atomic mass is 10.0. The molecule has 8 heteroatoms. The van der Waals surface area contributed by atoms with Crippen LogP contribution >= 0.6 is 0 Å². The Morgan fingerprint density at radius 2 is 1.48 bits per heavy atom. The van der Waals surface area contributed by atoms with Crippen LogP contribution in [-0.4, -0.2) is 44.2 Å². The molecule has 0 unspecified atom stereocenters. The topological polar surface area (TPSA) is 95.6 Å². The molecule has 33 heavy (non-hydrogen) atoms. The number of carbonyl (C=O) groups is 2. The molecule has 0 aliphatic carbocycles. The number of carbonyl (C=O) groups excluding carboxylic acids is 2. The van der Waals surface area contributed by atoms with E-state index in [1.807, 2.05) is 42.5 Å². The first kappa shape index (κ1) is 22.7. The molecular formula is C25H25N3O4S. The van der Waals surface area contributed by atoms with Crippen molar-refractivity contribution in [2.75, 3.05) is 25.0 Å². The number of hydrogen-bond acceptors (Lipinski definition) is 4. The van der Waals surface area contributed by atoms with Crippen molar-refractivity contribution in [2.45, 2.75) is 17.7 Å². The Kier molecular flexibility index (Phi) is 6.86. The van der Waals surface area contributed by atoms with Crippen LogP contribution in [0.3, 0.4) is 0 Å². The summed E-state index contributed by atoms with van der Waals surface area (Å²) in [6, 6.07) is 23.1. The third-order valence-electron chi connectivity index (χ3n) is 5.48. The number of anilines is 1. The van der Waals surface area contributed by atoms with Crippen molar-refractivity contribution >= 4 is 27.5 Å². The van der Waals surface area contributed by atoms with Gasteiger partial charge in [-0.15, -0.1) is 0 Å². The zero-order valence-electron chi connectivity index (χ0n) is 18.0. The van der Waals surface area contributed by atoms with Crippen LogP contribution in [0, 0.1) is 0 Å². The molecule has 1 saturated heterocycles. The van der Waals surface area contributed by atoms with Crippen LogP contribution in [0.1, 0.15) is 23.2 Å². The summed E-state index contributed by atoms with van der Waals surface area (Å²) in [4.78, 5) is 24.9. The molecule has 0 saturated carbocycles. The second-order valence-corrected chi connectivity index (χ2v) is 9.75. The lowest BCUT2D eigenvalue weighted by molar-refractivity contribution is -0.115. The molecule has 0 spiro atoms. The van der Waals surface area contributed by atoms with Crippen LogP contribution in [0.4, 0.5) is 5.69 Å². The standard InChI is InChI=1S/C25H25N3O4S/c29-24(27-22-9-6-10-23(17-22)33(31,32)28-15-4-5-16-28)18-26-25(30)21-13-11-20(12-14-21)19-7-2-1-3-8-19/h1-3,6-14,17H,4-5,15-16,18H2,(H,26,30)(H,27,29). The molecule has 1 fully saturated rings. The van der Waals surface area contributed by atoms with Crippen molar-refractivity contribution in [3.8, 4) is 11.1 Å². The molecule has 2 amide bonds. The SMILES string of the molecule is O=C(CNC(=O)c1ccc(-c2ccccc2)cc1)Nc1cccc(S(=O)(=O)N2CCCC2)c1. The average molecular weight is 464 g/mol. The molecule has 0 bridgehead atoms. The fourth-order valence-corrected chi connectivity index (χ4v) is 5.29. The Balaban J connectivity index is 1.33. The molecule has 3 aromatic rings. The highest BCUT2D eigenvalue weighted by Gasteiger charge is 2.27. The van der Waals surface area contributed by atoms with Gasteiger partial charge in [-0.1, -0.05) is 48.5 Å². The Hall–Kier alpha value is -3.49. The van der Waals surface area contributed by atoms with Crippen molar-refractivity contribution in [3.05, 3.63) is 84.4 Å². The molecule has 1 heterocycles. The lowest BCUT2D eigenvalue weighted by Gasteiger charge is -2.16. The van der Waals surface area contributed by atoms with Gasteiger partial charge in [0.15, 0.2) is 0 Å². The Morgan fingerprint density at radius 1 is 0.818 bits per heavy atom. The van der Waals surface area contributed by atoms with E-state index >= 15 is 0 Å². The lowest BCUT2D eigenvalue weighted by Crippen LogP contribution is -2.33. The molecule has 3 aromatic carbocycles. The van der Waals surface area contributed by atoms with Crippen LogP contribution in [0.25, 0.3) is 11.1 Å². The van der Waals surface area contributed by atoms with Gasteiger partial charge in [0.05, 0.1) is 11.4 Å². The molecular weight excluding hydrogens is 438 g/mol. The predicted octanol–water partition coefficient (Wildman–Crippen LogP) is 3.51. The van der Waals surface area contributed by atoms with Crippen molar-refractivity contribution in [3.63, 3.8) is 0 Å². The zero-order chi connectivity index (χ0) is 23.3. The van der Waals surface area contributed by atoms with E-state index in [0.717, 1.165) is 24.0 Å². The number of nitrogens with one attached hydrogen (secondary N) is 2. The molecule has 170 valence electrons. The smallest absolute Gasteiger partial charge is 0.251 e. The maximum absolute atomic E-state index is 12.7. The second-order valence-electron chi connectivity index (χ2n) is 7.81. The maximum atomic E-state index is 12.7. The molecule has 4 rings (SSSR count). The van der Waals surface area contributed by atoms with Gasteiger partial charge in [-0.05, 0) is 54.3 Å². The average Bonchev–Trinajstić information content (AvgIpc) is 3.39. The van der Waals surface area contributed by atoms with Gasteiger partial charge < -0.3 is 10.6 Å². The van der Waals surface area contributed by atoms with E-state index < -0.39 is 15.9 Å². The molecule has 0 aromatic heterocycles. The first-order chi connectivity index (χ1) is 15.9. The van der Waals surface area contributed by atoms with E-state index in [4.69, 9.17) is 0 Å². The van der Waals surface area contributed by atoms with E-state index in [9.17, 15) is 18.0 Å². The highest BCUT2D eigenvalue weighted by atomic mass is 32.2. The van der Waals surface area contributed by atoms with E-state index in [1.165, 1.54) is 16.4 Å². The van der Waals surface area contributed by atoms with Gasteiger partial charge in [0.2, 0.25) is 15.9 Å². The number of nitrogens with zero attached hydrogens (tertiary/aromatic N) is 1. The molecule has 7 nitrogen and oxygen atoms in total. The first-order valence-electron chi connectivity index (χ1n) is 10.8. The van der Waals surface area contributed by atoms with Crippen molar-refractivity contribution in [1.29, 1.82) is 0 Å². The summed E-state index contributed by atoms with van der Waals surface area (Å²) < 4.78 is 26.9. The summed E-state index contributed by atoms with van der Waals surface area (Å²) in [6.45, 7) is 0.789. The van der Waals surface area contributed by atoms with Crippen molar-refractivity contribution < 1.29 is 18.0 Å². The number of amides is 2. The van der Waals surface area contributed by atoms with Gasteiger partial charge in [-0.25, -0.2) is 8.42 Å². The summed E-state index contributed by atoms with van der Waals surface area (Å²) in [6.07, 6.45) is 1.70. The first-order valence-corrected chi connectivity index (χ1v) is 12.2. The Bertz CT molecular complexity index is 1240. The van der Waals surface area contributed by atoms with Gasteiger partial charge in [-0.2, -0.15) is 4.31 Å². The summed E-state index contributed by atoms with van der Waals surface area (Å²) in [5, 5.41) is 5.24. The fourth-order valence-electron chi connectivity index (χ4n) is 3.72. The van der Waals surface area contributed by atoms with E-state index in [1.54, 1.807) is 24.3 Å². The van der Waals surface area contributed by atoms with Crippen LogP contribution in [0.5, 0.6) is 0 Å². The van der Waals surface area contributed by atoms with Crippen LogP contribution < -0.4 is 10.6 Å². The third kappa shape index (κ3) is 5.47. The van der Waals surface area contributed by atoms with Gasteiger partial charge in [0.1, 0.15) is 0 Å². The van der Waals surface area contributed by atoms with Gasteiger partial charge in [0.25, 0.3) is 5.91 Å². The zero-order valence-corrected chi connectivity index (χ0v) is 18.8. The summed E-state index contributed by atoms with van der Waals surface area (Å²) in [7, 11) is -3.57. The second kappa shape index (κ2) is 9.97. The maximum Gasteiger partial charge on any atom is 0.251 e. The molecule has 1 aliphatic heterocycles. The van der Waals surface area contributed by atoms with E-state index in [0.29, 0.717) is 24.3 Å². The number of hydrogen-bond donors (Lipinski definition) is 2. The summed E-state index contributed by atoms with van der Waals surface area (Å²) >= 11 is 0. The highest BCUT2D eigenvalue weighted by molar-refractivity contribution is 7.89. The predicted molar refractivity (Wildman–Crippen MR) is 127 cm³/mol. The van der Waals surface area contributed by atoms with Crippen LogP contribution in [0.2, 0.25) is 0 Å². The van der Waals surface area contributed by atoms with Gasteiger partial charge >= 0.3 is 0 Å². The fraction of sp³-hybridized carbons (Fsp3) is 0.200. The van der Waals surface area contributed by atoms with Crippen LogP contribution in [-0.2, 0) is 14.8 Å². The molecule has 2 N–H and O–H groups in total. The molecule has 0 radical (unpaired) electrons. The summed E-state index contributed by atoms with van der Waals surface area (Å²) in [5.74, 6) is -0.810. The van der Waals surface area contributed by atoms with E-state index in [2.05, 4.69) is 10.6 Å². The van der Waals surface area contributed by atoms with Crippen LogP contribution in [0.15, 0.2) is 83.8 Å². The van der Waals surface area contributed by atoms with Crippen molar-refractivity contribution in [1.82, 2.24) is 9.62 Å². The monoisotopic (exact) mass is 463 g/mol. The molecule has 0 atom stereocenters. The third-order valence-corrected chi connectivity index (χ3v) is 7.38. The highest BCUT2D eigenvalue weighted by Crippen LogP contribution is 2.23. The minimum absolute atomic E-state index is 0.143. The number of sulfonamides is 1. The quantitative estimate of drug-likeness (QED) is 0.561. The largest absolute Gasteiger partial charge is 0.343 e. The normalized spacial score (nSPS) is 14.1. The van der Waals surface area contributed by atoms with Gasteiger partial charge in [-0.3, -0.25) is 9.59 Å². The van der Waals surface area contributed by atoms with E-state index in [-0.39, 0.29) is 17.3 Å². The number of benzene rings is 3. The minimum Gasteiger partial charge on any atom is -0.343 e. The Morgan fingerprint density at radius 3 is 2.18 bits per heavy atom. The summed E-state index contributed by atoms with van der Waals surface area (Å²) in [5.41, 5.74) is 2.86. The Labute approximate surface area is 193 Å². The van der Waals surface area contributed by atoms with Crippen molar-refractivity contribution in [2.24, 2.45) is 0 Å². The molecule has 1 aliphatic rings. The van der Waals surface area contributed by atoms with Gasteiger partial charge in [0, 0.05) is 24.3 Å².